The molecule has 0 aliphatic carbocycles. The standard InChI is InChI=1S/C23H29ClN4O4/c1-4-6-8-12-27(18-20(25)28(11-7-5-2)23(31)26-21(18)29)22(30)19-14(3)16-13-15(24)9-10-17(16)32-19/h9-10,13H,4-8,11-12,25H2,1-3H3,(H,26,29,31). The lowest BCUT2D eigenvalue weighted by Crippen LogP contribution is -2.41. The number of aromatic nitrogens is 2. The van der Waals surface area contributed by atoms with Gasteiger partial charge in [-0.25, -0.2) is 4.79 Å². The minimum absolute atomic E-state index is 0.0196. The maximum absolute atomic E-state index is 13.6. The lowest BCUT2D eigenvalue weighted by molar-refractivity contribution is 0.0960. The molecule has 8 nitrogen and oxygen atoms in total. The Morgan fingerprint density at radius 3 is 2.59 bits per heavy atom. The summed E-state index contributed by atoms with van der Waals surface area (Å²) in [7, 11) is 0. The highest BCUT2D eigenvalue weighted by molar-refractivity contribution is 6.31. The predicted molar refractivity (Wildman–Crippen MR) is 128 cm³/mol. The molecule has 3 N–H and O–H groups in total. The highest BCUT2D eigenvalue weighted by Gasteiger charge is 2.29. The van der Waals surface area contributed by atoms with Crippen molar-refractivity contribution < 1.29 is 9.21 Å². The third-order valence-electron chi connectivity index (χ3n) is 5.54. The molecule has 32 heavy (non-hydrogen) atoms. The first-order valence-electron chi connectivity index (χ1n) is 10.9. The van der Waals surface area contributed by atoms with Crippen molar-refractivity contribution in [2.75, 3.05) is 17.2 Å². The Kier molecular flexibility index (Phi) is 7.45. The Bertz CT molecular complexity index is 1240. The summed E-state index contributed by atoms with van der Waals surface area (Å²) in [5.74, 6) is -0.387. The Hall–Kier alpha value is -3.00. The number of rotatable bonds is 9. The van der Waals surface area contributed by atoms with Crippen molar-refractivity contribution in [1.29, 1.82) is 0 Å². The highest BCUT2D eigenvalue weighted by atomic mass is 35.5. The molecule has 172 valence electrons. The molecular weight excluding hydrogens is 432 g/mol. The van der Waals surface area contributed by atoms with E-state index in [9.17, 15) is 14.4 Å². The second kappa shape index (κ2) is 10.1. The number of carbonyl (C=O) groups is 1. The second-order valence-corrected chi connectivity index (χ2v) is 8.30. The number of hydrogen-bond acceptors (Lipinski definition) is 5. The number of anilines is 2. The van der Waals surface area contributed by atoms with Crippen molar-refractivity contribution in [1.82, 2.24) is 9.55 Å². The summed E-state index contributed by atoms with van der Waals surface area (Å²) in [4.78, 5) is 42.4. The summed E-state index contributed by atoms with van der Waals surface area (Å²) in [6.45, 7) is 6.43. The van der Waals surface area contributed by atoms with Gasteiger partial charge in [0.2, 0.25) is 0 Å². The van der Waals surface area contributed by atoms with E-state index in [0.29, 0.717) is 35.6 Å². The number of nitrogens with zero attached hydrogens (tertiary/aromatic N) is 2. The van der Waals surface area contributed by atoms with Gasteiger partial charge in [0.15, 0.2) is 11.4 Å². The molecule has 0 unspecified atom stereocenters. The second-order valence-electron chi connectivity index (χ2n) is 7.86. The summed E-state index contributed by atoms with van der Waals surface area (Å²) in [5, 5.41) is 1.26. The number of carbonyl (C=O) groups excluding carboxylic acids is 1. The quantitative estimate of drug-likeness (QED) is 0.457. The molecule has 1 amide bonds. The average Bonchev–Trinajstić information content (AvgIpc) is 3.08. The van der Waals surface area contributed by atoms with E-state index in [2.05, 4.69) is 4.98 Å². The summed E-state index contributed by atoms with van der Waals surface area (Å²) in [6, 6.07) is 5.13. The topological polar surface area (TPSA) is 114 Å². The molecule has 9 heteroatoms. The van der Waals surface area contributed by atoms with Gasteiger partial charge in [0.05, 0.1) is 0 Å². The molecular formula is C23H29ClN4O4. The number of nitrogens with one attached hydrogen (secondary N) is 1. The molecule has 0 aliphatic rings. The van der Waals surface area contributed by atoms with E-state index in [-0.39, 0.29) is 23.8 Å². The summed E-state index contributed by atoms with van der Waals surface area (Å²) >= 11 is 6.11. The molecule has 1 aromatic carbocycles. The molecule has 0 atom stereocenters. The lowest BCUT2D eigenvalue weighted by Gasteiger charge is -2.24. The SMILES string of the molecule is CCCCCN(C(=O)c1oc2ccc(Cl)cc2c1C)c1c(N)n(CCCC)c(=O)[nH]c1=O. The zero-order valence-electron chi connectivity index (χ0n) is 18.7. The Labute approximate surface area is 191 Å². The zero-order chi connectivity index (χ0) is 23.4. The largest absolute Gasteiger partial charge is 0.451 e. The van der Waals surface area contributed by atoms with Crippen molar-refractivity contribution in [2.24, 2.45) is 0 Å². The van der Waals surface area contributed by atoms with E-state index < -0.39 is 17.2 Å². The van der Waals surface area contributed by atoms with Gasteiger partial charge in [0.25, 0.3) is 11.5 Å². The number of nitrogens with two attached hydrogens (primary N) is 1. The number of benzene rings is 1. The van der Waals surface area contributed by atoms with E-state index in [1.165, 1.54) is 9.47 Å². The fourth-order valence-electron chi connectivity index (χ4n) is 3.73. The van der Waals surface area contributed by atoms with Gasteiger partial charge >= 0.3 is 5.69 Å². The van der Waals surface area contributed by atoms with Crippen LogP contribution in [0.2, 0.25) is 5.02 Å². The highest BCUT2D eigenvalue weighted by Crippen LogP contribution is 2.30. The van der Waals surface area contributed by atoms with Crippen molar-refractivity contribution in [3.8, 4) is 0 Å². The summed E-state index contributed by atoms with van der Waals surface area (Å²) in [5.41, 5.74) is 6.13. The van der Waals surface area contributed by atoms with Crippen LogP contribution in [-0.4, -0.2) is 22.0 Å². The first-order valence-corrected chi connectivity index (χ1v) is 11.3. The van der Waals surface area contributed by atoms with Crippen LogP contribution in [0.15, 0.2) is 32.2 Å². The smallest absolute Gasteiger partial charge is 0.330 e. The van der Waals surface area contributed by atoms with E-state index in [0.717, 1.165) is 24.6 Å². The van der Waals surface area contributed by atoms with Crippen LogP contribution in [0.5, 0.6) is 0 Å². The first kappa shape index (κ1) is 23.7. The third-order valence-corrected chi connectivity index (χ3v) is 5.78. The van der Waals surface area contributed by atoms with Crippen LogP contribution in [-0.2, 0) is 6.54 Å². The Morgan fingerprint density at radius 1 is 1.19 bits per heavy atom. The number of H-pyrrole nitrogens is 1. The number of fused-ring (bicyclic) bond motifs is 1. The number of amides is 1. The van der Waals surface area contributed by atoms with E-state index in [1.54, 1.807) is 25.1 Å². The number of furan rings is 1. The van der Waals surface area contributed by atoms with Crippen molar-refractivity contribution in [2.45, 2.75) is 59.4 Å². The normalized spacial score (nSPS) is 11.2. The van der Waals surface area contributed by atoms with Crippen molar-refractivity contribution >= 4 is 40.0 Å². The van der Waals surface area contributed by atoms with Gasteiger partial charge < -0.3 is 10.2 Å². The average molecular weight is 461 g/mol. The summed E-state index contributed by atoms with van der Waals surface area (Å²) < 4.78 is 7.16. The van der Waals surface area contributed by atoms with E-state index in [1.807, 2.05) is 13.8 Å². The minimum atomic E-state index is -0.693. The van der Waals surface area contributed by atoms with Gasteiger partial charge in [-0.1, -0.05) is 44.7 Å². The predicted octanol–water partition coefficient (Wildman–Crippen LogP) is 4.46. The van der Waals surface area contributed by atoms with Crippen LogP contribution < -0.4 is 21.9 Å². The maximum Gasteiger partial charge on any atom is 0.330 e. The van der Waals surface area contributed by atoms with Gasteiger partial charge in [-0.3, -0.25) is 24.0 Å². The van der Waals surface area contributed by atoms with Crippen molar-refractivity contribution in [3.05, 3.63) is 55.4 Å². The van der Waals surface area contributed by atoms with Crippen LogP contribution in [0.25, 0.3) is 11.0 Å². The Balaban J connectivity index is 2.14. The molecule has 0 saturated carbocycles. The van der Waals surface area contributed by atoms with Gasteiger partial charge in [-0.2, -0.15) is 0 Å². The number of halogens is 1. The van der Waals surface area contributed by atoms with E-state index in [4.69, 9.17) is 21.8 Å². The molecule has 0 aliphatic heterocycles. The van der Waals surface area contributed by atoms with Crippen molar-refractivity contribution in [3.63, 3.8) is 0 Å². The molecule has 2 aromatic heterocycles. The van der Waals surface area contributed by atoms with Crippen LogP contribution >= 0.6 is 11.6 Å². The number of hydrogen-bond donors (Lipinski definition) is 2. The van der Waals surface area contributed by atoms with Gasteiger partial charge in [-0.15, -0.1) is 0 Å². The first-order chi connectivity index (χ1) is 15.3. The third kappa shape index (κ3) is 4.60. The van der Waals surface area contributed by atoms with Crippen LogP contribution in [0, 0.1) is 6.92 Å². The fourth-order valence-corrected chi connectivity index (χ4v) is 3.90. The molecule has 0 bridgehead atoms. The molecule has 0 spiro atoms. The molecule has 3 rings (SSSR count). The number of unbranched alkanes of at least 4 members (excludes halogenated alkanes) is 3. The monoisotopic (exact) mass is 460 g/mol. The van der Waals surface area contributed by atoms with Crippen LogP contribution in [0.4, 0.5) is 11.5 Å². The van der Waals surface area contributed by atoms with Gasteiger partial charge in [0.1, 0.15) is 11.4 Å². The fraction of sp³-hybridized carbons (Fsp3) is 0.435. The maximum atomic E-state index is 13.6. The number of aryl methyl sites for hydroxylation is 1. The molecule has 0 radical (unpaired) electrons. The molecule has 0 saturated heterocycles. The lowest BCUT2D eigenvalue weighted by atomic mass is 10.1. The number of aromatic amines is 1. The molecule has 2 heterocycles. The molecule has 3 aromatic rings. The molecule has 0 fully saturated rings. The minimum Gasteiger partial charge on any atom is -0.451 e. The van der Waals surface area contributed by atoms with Gasteiger partial charge in [-0.05, 0) is 38.0 Å². The Morgan fingerprint density at radius 2 is 1.91 bits per heavy atom. The van der Waals surface area contributed by atoms with Crippen LogP contribution in [0.1, 0.15) is 62.1 Å². The zero-order valence-corrected chi connectivity index (χ0v) is 19.4. The van der Waals surface area contributed by atoms with E-state index >= 15 is 0 Å². The summed E-state index contributed by atoms with van der Waals surface area (Å²) in [6.07, 6.45) is 4.03. The van der Waals surface area contributed by atoms with Gasteiger partial charge in [0, 0.05) is 29.1 Å². The van der Waals surface area contributed by atoms with Crippen LogP contribution in [0.3, 0.4) is 0 Å². The number of nitrogen functional groups attached to an aromatic ring is 1.